The standard InChI is InChI=1S/C18H36O7/c1-2-3-4-5-6-7-8-9-10-11-16(22)25-13-15(21)18(24)17(23)14(20)12-19/h14-15,17-21,23-24H,2-13H2,1H3/t14-,15+,17+,18+/m0/s1/i1D. The molecule has 0 aromatic rings. The molecule has 25 heavy (non-hydrogen) atoms. The van der Waals surface area contributed by atoms with Crippen molar-refractivity contribution < 1.29 is 36.4 Å². The zero-order valence-electron chi connectivity index (χ0n) is 16.1. The van der Waals surface area contributed by atoms with Gasteiger partial charge in [0.1, 0.15) is 31.0 Å². The third-order valence-electron chi connectivity index (χ3n) is 4.12. The normalized spacial score (nSPS) is 16.8. The third kappa shape index (κ3) is 12.3. The van der Waals surface area contributed by atoms with Gasteiger partial charge in [-0.2, -0.15) is 0 Å². The molecule has 0 bridgehead atoms. The largest absolute Gasteiger partial charge is 0.463 e. The molecule has 0 unspecified atom stereocenters. The average molecular weight is 365 g/mol. The molecule has 7 heteroatoms. The molecule has 7 nitrogen and oxygen atoms in total. The third-order valence-corrected chi connectivity index (χ3v) is 4.12. The molecule has 0 rings (SSSR count). The van der Waals surface area contributed by atoms with Crippen LogP contribution in [0.3, 0.4) is 0 Å². The zero-order valence-corrected chi connectivity index (χ0v) is 15.1. The van der Waals surface area contributed by atoms with Gasteiger partial charge in [-0.1, -0.05) is 58.3 Å². The van der Waals surface area contributed by atoms with Gasteiger partial charge in [0.25, 0.3) is 0 Å². The molecule has 0 saturated heterocycles. The fourth-order valence-electron chi connectivity index (χ4n) is 2.42. The number of aliphatic hydroxyl groups is 5. The highest BCUT2D eigenvalue weighted by atomic mass is 16.5. The van der Waals surface area contributed by atoms with Gasteiger partial charge < -0.3 is 30.3 Å². The Labute approximate surface area is 152 Å². The highest BCUT2D eigenvalue weighted by Gasteiger charge is 2.30. The summed E-state index contributed by atoms with van der Waals surface area (Å²) in [5, 5.41) is 46.6. The Hall–Kier alpha value is -0.730. The minimum atomic E-state index is -1.72. The molecule has 0 aliphatic heterocycles. The van der Waals surface area contributed by atoms with Crippen LogP contribution in [0.5, 0.6) is 0 Å². The highest BCUT2D eigenvalue weighted by molar-refractivity contribution is 5.69. The highest BCUT2D eigenvalue weighted by Crippen LogP contribution is 2.11. The lowest BCUT2D eigenvalue weighted by atomic mass is 10.0. The van der Waals surface area contributed by atoms with Gasteiger partial charge >= 0.3 is 5.97 Å². The number of ether oxygens (including phenoxy) is 1. The topological polar surface area (TPSA) is 127 Å². The smallest absolute Gasteiger partial charge is 0.305 e. The van der Waals surface area contributed by atoms with E-state index in [9.17, 15) is 25.2 Å². The van der Waals surface area contributed by atoms with Crippen LogP contribution in [0.15, 0.2) is 0 Å². The van der Waals surface area contributed by atoms with E-state index in [1.54, 1.807) is 0 Å². The van der Waals surface area contributed by atoms with Crippen molar-refractivity contribution >= 4 is 5.97 Å². The van der Waals surface area contributed by atoms with Crippen molar-refractivity contribution in [1.29, 1.82) is 0 Å². The first kappa shape index (κ1) is 22.3. The van der Waals surface area contributed by atoms with E-state index in [0.717, 1.165) is 32.1 Å². The Morgan fingerprint density at radius 2 is 1.40 bits per heavy atom. The Bertz CT molecular complexity index is 344. The lowest BCUT2D eigenvalue weighted by Gasteiger charge is -2.25. The molecule has 0 aromatic carbocycles. The van der Waals surface area contributed by atoms with Gasteiger partial charge in [-0.05, 0) is 6.42 Å². The van der Waals surface area contributed by atoms with E-state index in [1.807, 2.05) is 0 Å². The molecule has 5 N–H and O–H groups in total. The molecular weight excluding hydrogens is 328 g/mol. The van der Waals surface area contributed by atoms with E-state index >= 15 is 0 Å². The summed E-state index contributed by atoms with van der Waals surface area (Å²) >= 11 is 0. The van der Waals surface area contributed by atoms with E-state index < -0.39 is 43.6 Å². The first-order chi connectivity index (χ1) is 12.4. The van der Waals surface area contributed by atoms with Crippen LogP contribution in [0, 0.1) is 0 Å². The van der Waals surface area contributed by atoms with E-state index in [4.69, 9.17) is 11.2 Å². The molecular formula is C18H36O7. The summed E-state index contributed by atoms with van der Waals surface area (Å²) in [6.07, 6.45) is 3.15. The summed E-state index contributed by atoms with van der Waals surface area (Å²) < 4.78 is 11.9. The summed E-state index contributed by atoms with van der Waals surface area (Å²) in [5.41, 5.74) is 0. The van der Waals surface area contributed by atoms with Crippen LogP contribution < -0.4 is 0 Å². The minimum Gasteiger partial charge on any atom is -0.463 e. The second kappa shape index (κ2) is 15.5. The predicted octanol–water partition coefficient (Wildman–Crippen LogP) is 0.886. The maximum Gasteiger partial charge on any atom is 0.305 e. The van der Waals surface area contributed by atoms with Crippen molar-refractivity contribution in [1.82, 2.24) is 0 Å². The summed E-state index contributed by atoms with van der Waals surface area (Å²) in [4.78, 5) is 11.6. The molecule has 0 heterocycles. The Morgan fingerprint density at radius 1 is 0.880 bits per heavy atom. The number of carbonyl (C=O) groups excluding carboxylic acids is 1. The van der Waals surface area contributed by atoms with Gasteiger partial charge in [0.15, 0.2) is 0 Å². The van der Waals surface area contributed by atoms with Gasteiger partial charge in [0, 0.05) is 7.79 Å². The molecule has 4 atom stereocenters. The Kier molecular flexibility index (Phi) is 13.8. The number of esters is 1. The number of aliphatic hydroxyl groups excluding tert-OH is 5. The van der Waals surface area contributed by atoms with Crippen LogP contribution in [0.25, 0.3) is 0 Å². The van der Waals surface area contributed by atoms with E-state index in [0.29, 0.717) is 13.3 Å². The van der Waals surface area contributed by atoms with Gasteiger partial charge in [-0.3, -0.25) is 4.79 Å². The van der Waals surface area contributed by atoms with Crippen molar-refractivity contribution in [2.75, 3.05) is 13.2 Å². The van der Waals surface area contributed by atoms with E-state index in [2.05, 4.69) is 0 Å². The van der Waals surface area contributed by atoms with E-state index in [-0.39, 0.29) is 6.42 Å². The Balaban J connectivity index is 3.62. The Morgan fingerprint density at radius 3 is 1.96 bits per heavy atom. The predicted molar refractivity (Wildman–Crippen MR) is 93.9 cm³/mol. The van der Waals surface area contributed by atoms with Gasteiger partial charge in [0.05, 0.1) is 6.61 Å². The number of rotatable bonds is 16. The molecule has 0 aromatic heterocycles. The molecule has 150 valence electrons. The molecule has 0 fully saturated rings. The molecule has 0 spiro atoms. The van der Waals surface area contributed by atoms with Crippen LogP contribution >= 0.6 is 0 Å². The van der Waals surface area contributed by atoms with Crippen molar-refractivity contribution in [2.45, 2.75) is 95.5 Å². The van der Waals surface area contributed by atoms with Crippen LogP contribution in [-0.2, 0) is 9.53 Å². The van der Waals surface area contributed by atoms with Gasteiger partial charge in [-0.25, -0.2) is 0 Å². The number of carbonyl (C=O) groups is 1. The fourth-order valence-corrected chi connectivity index (χ4v) is 2.42. The molecule has 0 amide bonds. The average Bonchev–Trinajstić information content (AvgIpc) is 2.65. The monoisotopic (exact) mass is 365 g/mol. The maximum atomic E-state index is 11.6. The van der Waals surface area contributed by atoms with Crippen LogP contribution in [0.1, 0.15) is 72.5 Å². The summed E-state index contributed by atoms with van der Waals surface area (Å²) in [6, 6.07) is 0. The van der Waals surface area contributed by atoms with Crippen molar-refractivity contribution in [3.8, 4) is 0 Å². The second-order valence-corrected chi connectivity index (χ2v) is 6.41. The summed E-state index contributed by atoms with van der Waals surface area (Å²) in [7, 11) is 0. The van der Waals surface area contributed by atoms with Crippen molar-refractivity contribution in [3.05, 3.63) is 0 Å². The molecule has 0 radical (unpaired) electrons. The first-order valence-corrected chi connectivity index (χ1v) is 9.22. The van der Waals surface area contributed by atoms with Gasteiger partial charge in [0.2, 0.25) is 0 Å². The molecule has 0 saturated carbocycles. The van der Waals surface area contributed by atoms with Crippen molar-refractivity contribution in [3.63, 3.8) is 0 Å². The SMILES string of the molecule is [2H]CCCCCCCCCCCC(=O)OC[C@@H](O)[C@@H](O)[C@H](O)[C@@H](O)CO. The van der Waals surface area contributed by atoms with E-state index in [1.165, 1.54) is 19.3 Å². The quantitative estimate of drug-likeness (QED) is 0.203. The summed E-state index contributed by atoms with van der Waals surface area (Å²) in [5.74, 6) is -0.483. The number of hydrogen-bond donors (Lipinski definition) is 5. The lowest BCUT2D eigenvalue weighted by Crippen LogP contribution is -2.47. The van der Waals surface area contributed by atoms with Crippen LogP contribution in [0.2, 0.25) is 0 Å². The van der Waals surface area contributed by atoms with Crippen LogP contribution in [-0.4, -0.2) is 69.1 Å². The van der Waals surface area contributed by atoms with Crippen LogP contribution in [0.4, 0.5) is 0 Å². The summed E-state index contributed by atoms with van der Waals surface area (Å²) in [6.45, 7) is -0.722. The minimum absolute atomic E-state index is 0.230. The van der Waals surface area contributed by atoms with Crippen molar-refractivity contribution in [2.24, 2.45) is 0 Å². The fraction of sp³-hybridized carbons (Fsp3) is 0.944. The lowest BCUT2D eigenvalue weighted by molar-refractivity contribution is -0.156. The first-order valence-electron chi connectivity index (χ1n) is 9.92. The molecule has 0 aliphatic carbocycles. The van der Waals surface area contributed by atoms with Gasteiger partial charge in [-0.15, -0.1) is 0 Å². The second-order valence-electron chi connectivity index (χ2n) is 6.41. The number of hydrogen-bond acceptors (Lipinski definition) is 7. The molecule has 0 aliphatic rings. The zero-order chi connectivity index (χ0) is 19.8. The maximum absolute atomic E-state index is 11.6. The number of unbranched alkanes of at least 4 members (excludes halogenated alkanes) is 8.